The zero-order chi connectivity index (χ0) is 15.4. The number of anilines is 1. The molecule has 1 aromatic carbocycles. The van der Waals surface area contributed by atoms with Crippen LogP contribution in [0.4, 0.5) is 5.69 Å². The maximum absolute atomic E-state index is 12.2. The number of amides is 1. The van der Waals surface area contributed by atoms with E-state index in [2.05, 4.69) is 26.2 Å². The summed E-state index contributed by atoms with van der Waals surface area (Å²) in [6, 6.07) is 8.70. The van der Waals surface area contributed by atoms with Crippen LogP contribution < -0.4 is 14.8 Å². The Bertz CT molecular complexity index is 674. The fraction of sp³-hybridized carbons (Fsp3) is 0.200. The standard InChI is InChI=1S/C15H15BrN2O3/c1-9-7-12(20-2)13(21-3)8-11(9)18-15(19)10-5-4-6-14(16)17-10/h4-8H,1-3H3,(H,18,19). The highest BCUT2D eigenvalue weighted by molar-refractivity contribution is 9.10. The van der Waals surface area contributed by atoms with Gasteiger partial charge >= 0.3 is 0 Å². The Balaban J connectivity index is 2.29. The number of carbonyl (C=O) groups excluding carboxylic acids is 1. The summed E-state index contributed by atoms with van der Waals surface area (Å²) in [4.78, 5) is 16.3. The van der Waals surface area contributed by atoms with Gasteiger partial charge in [0.15, 0.2) is 11.5 Å². The fourth-order valence-corrected chi connectivity index (χ4v) is 2.18. The van der Waals surface area contributed by atoms with Crippen LogP contribution >= 0.6 is 15.9 Å². The molecule has 0 fully saturated rings. The summed E-state index contributed by atoms with van der Waals surface area (Å²) in [7, 11) is 3.12. The molecule has 0 radical (unpaired) electrons. The second-order valence-corrected chi connectivity index (χ2v) is 5.13. The van der Waals surface area contributed by atoms with Gasteiger partial charge in [-0.25, -0.2) is 4.98 Å². The number of hydrogen-bond acceptors (Lipinski definition) is 4. The third kappa shape index (κ3) is 3.52. The average molecular weight is 351 g/mol. The van der Waals surface area contributed by atoms with Gasteiger partial charge in [0.2, 0.25) is 0 Å². The minimum Gasteiger partial charge on any atom is -0.493 e. The lowest BCUT2D eigenvalue weighted by atomic mass is 10.1. The summed E-state index contributed by atoms with van der Waals surface area (Å²) in [5, 5.41) is 2.82. The van der Waals surface area contributed by atoms with Gasteiger partial charge in [0.1, 0.15) is 10.3 Å². The number of halogens is 1. The number of benzene rings is 1. The van der Waals surface area contributed by atoms with E-state index in [1.165, 1.54) is 0 Å². The Labute approximate surface area is 131 Å². The minimum absolute atomic E-state index is 0.286. The van der Waals surface area contributed by atoms with Gasteiger partial charge < -0.3 is 14.8 Å². The Kier molecular flexibility index (Phi) is 4.80. The van der Waals surface area contributed by atoms with Gasteiger partial charge in [-0.2, -0.15) is 0 Å². The molecular weight excluding hydrogens is 336 g/mol. The molecule has 6 heteroatoms. The van der Waals surface area contributed by atoms with Gasteiger partial charge in [-0.15, -0.1) is 0 Å². The predicted molar refractivity (Wildman–Crippen MR) is 84.2 cm³/mol. The van der Waals surface area contributed by atoms with Crippen molar-refractivity contribution in [2.45, 2.75) is 6.92 Å². The largest absolute Gasteiger partial charge is 0.493 e. The molecule has 1 N–H and O–H groups in total. The van der Waals surface area contributed by atoms with Crippen LogP contribution in [0.2, 0.25) is 0 Å². The molecule has 21 heavy (non-hydrogen) atoms. The van der Waals surface area contributed by atoms with Crippen LogP contribution in [0.1, 0.15) is 16.1 Å². The molecule has 0 spiro atoms. The first-order chi connectivity index (χ1) is 10.0. The highest BCUT2D eigenvalue weighted by Crippen LogP contribution is 2.33. The number of ether oxygens (including phenoxy) is 2. The Morgan fingerprint density at radius 3 is 2.48 bits per heavy atom. The Hall–Kier alpha value is -2.08. The average Bonchev–Trinajstić information content (AvgIpc) is 2.48. The molecule has 0 saturated carbocycles. The van der Waals surface area contributed by atoms with Crippen molar-refractivity contribution in [3.63, 3.8) is 0 Å². The fourth-order valence-electron chi connectivity index (χ4n) is 1.84. The van der Waals surface area contributed by atoms with E-state index < -0.39 is 0 Å². The summed E-state index contributed by atoms with van der Waals surface area (Å²) < 4.78 is 11.1. The molecule has 0 aliphatic carbocycles. The van der Waals surface area contributed by atoms with Crippen LogP contribution in [-0.2, 0) is 0 Å². The van der Waals surface area contributed by atoms with Crippen LogP contribution in [0.3, 0.4) is 0 Å². The zero-order valence-corrected chi connectivity index (χ0v) is 13.5. The van der Waals surface area contributed by atoms with Gasteiger partial charge in [0.25, 0.3) is 5.91 Å². The summed E-state index contributed by atoms with van der Waals surface area (Å²) in [6.45, 7) is 1.88. The normalized spacial score (nSPS) is 10.1. The van der Waals surface area contributed by atoms with Gasteiger partial charge in [-0.1, -0.05) is 6.07 Å². The van der Waals surface area contributed by atoms with E-state index in [1.807, 2.05) is 13.0 Å². The van der Waals surface area contributed by atoms with Crippen LogP contribution in [0.5, 0.6) is 11.5 Å². The quantitative estimate of drug-likeness (QED) is 0.858. The molecule has 0 saturated heterocycles. The second kappa shape index (κ2) is 6.58. The van der Waals surface area contributed by atoms with E-state index in [-0.39, 0.29) is 5.91 Å². The maximum atomic E-state index is 12.2. The second-order valence-electron chi connectivity index (χ2n) is 4.32. The lowest BCUT2D eigenvalue weighted by molar-refractivity contribution is 0.102. The van der Waals surface area contributed by atoms with E-state index in [4.69, 9.17) is 9.47 Å². The number of pyridine rings is 1. The highest BCUT2D eigenvalue weighted by Gasteiger charge is 2.13. The van der Waals surface area contributed by atoms with Crippen molar-refractivity contribution in [2.24, 2.45) is 0 Å². The summed E-state index contributed by atoms with van der Waals surface area (Å²) in [5.74, 6) is 0.890. The van der Waals surface area contributed by atoms with Gasteiger partial charge in [0, 0.05) is 11.8 Å². The minimum atomic E-state index is -0.286. The predicted octanol–water partition coefficient (Wildman–Crippen LogP) is 3.42. The molecule has 1 amide bonds. The molecule has 0 bridgehead atoms. The van der Waals surface area contributed by atoms with Gasteiger partial charge in [-0.05, 0) is 46.6 Å². The van der Waals surface area contributed by atoms with Crippen molar-refractivity contribution in [3.8, 4) is 11.5 Å². The molecule has 1 heterocycles. The topological polar surface area (TPSA) is 60.5 Å². The molecule has 2 rings (SSSR count). The molecule has 1 aromatic heterocycles. The molecule has 2 aromatic rings. The Morgan fingerprint density at radius 2 is 1.86 bits per heavy atom. The lowest BCUT2D eigenvalue weighted by Crippen LogP contribution is -2.14. The van der Waals surface area contributed by atoms with E-state index >= 15 is 0 Å². The van der Waals surface area contributed by atoms with Crippen molar-refractivity contribution in [3.05, 3.63) is 46.2 Å². The highest BCUT2D eigenvalue weighted by atomic mass is 79.9. The number of rotatable bonds is 4. The number of hydrogen-bond donors (Lipinski definition) is 1. The smallest absolute Gasteiger partial charge is 0.274 e. The molecule has 0 aliphatic rings. The summed E-state index contributed by atoms with van der Waals surface area (Å²) in [6.07, 6.45) is 0. The third-order valence-corrected chi connectivity index (χ3v) is 3.37. The lowest BCUT2D eigenvalue weighted by Gasteiger charge is -2.13. The van der Waals surface area contributed by atoms with Crippen molar-refractivity contribution < 1.29 is 14.3 Å². The number of carbonyl (C=O) groups is 1. The summed E-state index contributed by atoms with van der Waals surface area (Å²) >= 11 is 3.24. The first-order valence-electron chi connectivity index (χ1n) is 6.21. The van der Waals surface area contributed by atoms with Gasteiger partial charge in [0.05, 0.1) is 14.2 Å². The van der Waals surface area contributed by atoms with Crippen LogP contribution in [-0.4, -0.2) is 25.1 Å². The van der Waals surface area contributed by atoms with E-state index in [0.29, 0.717) is 27.5 Å². The molecule has 5 nitrogen and oxygen atoms in total. The van der Waals surface area contributed by atoms with E-state index in [0.717, 1.165) is 5.56 Å². The molecule has 0 unspecified atom stereocenters. The molecule has 110 valence electrons. The molecular formula is C15H15BrN2O3. The van der Waals surface area contributed by atoms with Gasteiger partial charge in [-0.3, -0.25) is 4.79 Å². The SMILES string of the molecule is COc1cc(C)c(NC(=O)c2cccc(Br)n2)cc1OC. The number of nitrogens with one attached hydrogen (secondary N) is 1. The first kappa shape index (κ1) is 15.3. The summed E-state index contributed by atoms with van der Waals surface area (Å²) in [5.41, 5.74) is 1.86. The monoisotopic (exact) mass is 350 g/mol. The Morgan fingerprint density at radius 1 is 1.19 bits per heavy atom. The van der Waals surface area contributed by atoms with Crippen molar-refractivity contribution in [1.29, 1.82) is 0 Å². The van der Waals surface area contributed by atoms with Crippen molar-refractivity contribution in [1.82, 2.24) is 4.98 Å². The van der Waals surface area contributed by atoms with Crippen molar-refractivity contribution >= 4 is 27.5 Å². The van der Waals surface area contributed by atoms with E-state index in [1.54, 1.807) is 38.5 Å². The third-order valence-electron chi connectivity index (χ3n) is 2.93. The zero-order valence-electron chi connectivity index (χ0n) is 11.9. The molecule has 0 atom stereocenters. The van der Waals surface area contributed by atoms with Crippen LogP contribution in [0.25, 0.3) is 0 Å². The van der Waals surface area contributed by atoms with Crippen LogP contribution in [0.15, 0.2) is 34.9 Å². The van der Waals surface area contributed by atoms with Crippen molar-refractivity contribution in [2.75, 3.05) is 19.5 Å². The number of nitrogens with zero attached hydrogens (tertiary/aromatic N) is 1. The number of aromatic nitrogens is 1. The first-order valence-corrected chi connectivity index (χ1v) is 7.01. The van der Waals surface area contributed by atoms with Crippen LogP contribution in [0, 0.1) is 6.92 Å². The number of methoxy groups -OCH3 is 2. The van der Waals surface area contributed by atoms with E-state index in [9.17, 15) is 4.79 Å². The maximum Gasteiger partial charge on any atom is 0.274 e. The molecule has 0 aliphatic heterocycles. The number of aryl methyl sites for hydroxylation is 1.